The first kappa shape index (κ1) is 14.0. The molecule has 1 heterocycles. The highest BCUT2D eigenvalue weighted by atomic mass is 16.5. The summed E-state index contributed by atoms with van der Waals surface area (Å²) in [6.07, 6.45) is 3.09. The highest BCUT2D eigenvalue weighted by Crippen LogP contribution is 2.13. The van der Waals surface area contributed by atoms with Crippen molar-refractivity contribution in [3.63, 3.8) is 0 Å². The van der Waals surface area contributed by atoms with E-state index in [1.165, 1.54) is 0 Å². The van der Waals surface area contributed by atoms with E-state index in [1.807, 2.05) is 6.92 Å². The Kier molecular flexibility index (Phi) is 5.48. The summed E-state index contributed by atoms with van der Waals surface area (Å²) in [4.78, 5) is 4.52. The number of anilines is 1. The standard InChI is InChI=1S/C13H25N3O/c1-10(2)8-16-9-12(4)15-13(16)14-11(3)6-7-17-5/h9-11H,6-8H2,1-5H3,(H,14,15). The van der Waals surface area contributed by atoms with Gasteiger partial charge in [0.2, 0.25) is 5.95 Å². The number of ether oxygens (including phenoxy) is 1. The molecule has 0 aliphatic heterocycles. The molecular formula is C13H25N3O. The number of aromatic nitrogens is 2. The molecule has 0 aromatic carbocycles. The summed E-state index contributed by atoms with van der Waals surface area (Å²) in [7, 11) is 1.73. The minimum atomic E-state index is 0.377. The third-order valence-electron chi connectivity index (χ3n) is 2.59. The molecule has 0 aliphatic rings. The van der Waals surface area contributed by atoms with Gasteiger partial charge in [-0.3, -0.25) is 0 Å². The lowest BCUT2D eigenvalue weighted by atomic mass is 10.2. The molecule has 98 valence electrons. The minimum Gasteiger partial charge on any atom is -0.385 e. The Bertz CT molecular complexity index is 333. The lowest BCUT2D eigenvalue weighted by molar-refractivity contribution is 0.191. The summed E-state index contributed by atoms with van der Waals surface area (Å²) in [6.45, 7) is 10.4. The Balaban J connectivity index is 2.62. The van der Waals surface area contributed by atoms with Crippen molar-refractivity contribution >= 4 is 5.95 Å². The van der Waals surface area contributed by atoms with Crippen molar-refractivity contribution in [2.24, 2.45) is 5.92 Å². The predicted molar refractivity (Wildman–Crippen MR) is 71.4 cm³/mol. The molecule has 0 spiro atoms. The van der Waals surface area contributed by atoms with Gasteiger partial charge < -0.3 is 14.6 Å². The molecule has 1 aromatic heterocycles. The van der Waals surface area contributed by atoms with Crippen molar-refractivity contribution < 1.29 is 4.74 Å². The largest absolute Gasteiger partial charge is 0.385 e. The van der Waals surface area contributed by atoms with Gasteiger partial charge in [-0.1, -0.05) is 13.8 Å². The van der Waals surface area contributed by atoms with Crippen LogP contribution in [0.5, 0.6) is 0 Å². The fourth-order valence-electron chi connectivity index (χ4n) is 1.78. The number of methoxy groups -OCH3 is 1. The van der Waals surface area contributed by atoms with Crippen LogP contribution in [0, 0.1) is 12.8 Å². The molecule has 0 saturated carbocycles. The van der Waals surface area contributed by atoms with Crippen molar-refractivity contribution in [1.82, 2.24) is 9.55 Å². The van der Waals surface area contributed by atoms with Gasteiger partial charge in [0.25, 0.3) is 0 Å². The van der Waals surface area contributed by atoms with E-state index in [0.29, 0.717) is 12.0 Å². The lowest BCUT2D eigenvalue weighted by Gasteiger charge is -2.16. The van der Waals surface area contributed by atoms with E-state index in [0.717, 1.165) is 31.2 Å². The minimum absolute atomic E-state index is 0.377. The van der Waals surface area contributed by atoms with Crippen LogP contribution in [0.1, 0.15) is 32.9 Å². The van der Waals surface area contributed by atoms with E-state index < -0.39 is 0 Å². The molecule has 0 bridgehead atoms. The SMILES string of the molecule is COCCC(C)Nc1nc(C)cn1CC(C)C. The van der Waals surface area contributed by atoms with Crippen molar-refractivity contribution in [2.45, 2.75) is 46.7 Å². The van der Waals surface area contributed by atoms with Gasteiger partial charge in [-0.2, -0.15) is 0 Å². The van der Waals surface area contributed by atoms with Crippen LogP contribution in [-0.4, -0.2) is 29.3 Å². The Morgan fingerprint density at radius 3 is 2.71 bits per heavy atom. The predicted octanol–water partition coefficient (Wildman–Crippen LogP) is 2.68. The molecule has 1 unspecified atom stereocenters. The number of nitrogens with one attached hydrogen (secondary N) is 1. The van der Waals surface area contributed by atoms with Gasteiger partial charge in [0.1, 0.15) is 0 Å². The molecule has 0 radical (unpaired) electrons. The van der Waals surface area contributed by atoms with Crippen LogP contribution >= 0.6 is 0 Å². The lowest BCUT2D eigenvalue weighted by Crippen LogP contribution is -2.20. The van der Waals surface area contributed by atoms with Gasteiger partial charge in [0.05, 0.1) is 5.69 Å². The van der Waals surface area contributed by atoms with Crippen LogP contribution in [-0.2, 0) is 11.3 Å². The summed E-state index contributed by atoms with van der Waals surface area (Å²) >= 11 is 0. The van der Waals surface area contributed by atoms with Gasteiger partial charge in [-0.15, -0.1) is 0 Å². The van der Waals surface area contributed by atoms with Gasteiger partial charge >= 0.3 is 0 Å². The fourth-order valence-corrected chi connectivity index (χ4v) is 1.78. The number of hydrogen-bond donors (Lipinski definition) is 1. The summed E-state index contributed by atoms with van der Waals surface area (Å²) in [6, 6.07) is 0.377. The molecule has 0 aliphatic carbocycles. The average molecular weight is 239 g/mol. The molecule has 4 nitrogen and oxygen atoms in total. The van der Waals surface area contributed by atoms with E-state index in [-0.39, 0.29) is 0 Å². The maximum absolute atomic E-state index is 5.08. The molecule has 0 saturated heterocycles. The first-order chi connectivity index (χ1) is 8.02. The van der Waals surface area contributed by atoms with Crippen LogP contribution < -0.4 is 5.32 Å². The summed E-state index contributed by atoms with van der Waals surface area (Å²) in [5, 5.41) is 3.44. The average Bonchev–Trinajstić information content (AvgIpc) is 2.55. The third-order valence-corrected chi connectivity index (χ3v) is 2.59. The Morgan fingerprint density at radius 1 is 1.41 bits per heavy atom. The molecule has 4 heteroatoms. The van der Waals surface area contributed by atoms with Crippen LogP contribution in [0.15, 0.2) is 6.20 Å². The monoisotopic (exact) mass is 239 g/mol. The molecule has 1 atom stereocenters. The summed E-state index contributed by atoms with van der Waals surface area (Å²) in [5.41, 5.74) is 1.06. The van der Waals surface area contributed by atoms with Crippen LogP contribution in [0.25, 0.3) is 0 Å². The van der Waals surface area contributed by atoms with Crippen molar-refractivity contribution in [3.05, 3.63) is 11.9 Å². The first-order valence-electron chi connectivity index (χ1n) is 6.32. The van der Waals surface area contributed by atoms with Gasteiger partial charge in [0, 0.05) is 32.5 Å². The van der Waals surface area contributed by atoms with E-state index >= 15 is 0 Å². The Hall–Kier alpha value is -1.03. The van der Waals surface area contributed by atoms with E-state index in [2.05, 4.69) is 41.8 Å². The Labute approximate surface area is 104 Å². The van der Waals surface area contributed by atoms with E-state index in [4.69, 9.17) is 4.74 Å². The zero-order valence-corrected chi connectivity index (χ0v) is 11.7. The highest BCUT2D eigenvalue weighted by molar-refractivity contribution is 5.30. The number of aryl methyl sites for hydroxylation is 1. The van der Waals surface area contributed by atoms with Crippen molar-refractivity contribution in [1.29, 1.82) is 0 Å². The molecule has 1 N–H and O–H groups in total. The van der Waals surface area contributed by atoms with E-state index in [9.17, 15) is 0 Å². The zero-order valence-electron chi connectivity index (χ0n) is 11.7. The first-order valence-corrected chi connectivity index (χ1v) is 6.32. The maximum Gasteiger partial charge on any atom is 0.203 e. The molecule has 0 fully saturated rings. The zero-order chi connectivity index (χ0) is 12.8. The number of nitrogens with zero attached hydrogens (tertiary/aromatic N) is 2. The van der Waals surface area contributed by atoms with E-state index in [1.54, 1.807) is 7.11 Å². The van der Waals surface area contributed by atoms with Crippen LogP contribution in [0.3, 0.4) is 0 Å². The number of hydrogen-bond acceptors (Lipinski definition) is 3. The fraction of sp³-hybridized carbons (Fsp3) is 0.769. The normalized spacial score (nSPS) is 13.1. The quantitative estimate of drug-likeness (QED) is 0.795. The van der Waals surface area contributed by atoms with Gasteiger partial charge in [0.15, 0.2) is 0 Å². The molecular weight excluding hydrogens is 214 g/mol. The second-order valence-corrected chi connectivity index (χ2v) is 5.08. The third kappa shape index (κ3) is 4.77. The summed E-state index contributed by atoms with van der Waals surface area (Å²) in [5.74, 6) is 1.60. The molecule has 1 rings (SSSR count). The second kappa shape index (κ2) is 6.64. The smallest absolute Gasteiger partial charge is 0.203 e. The molecule has 0 amide bonds. The summed E-state index contributed by atoms with van der Waals surface area (Å²) < 4.78 is 7.28. The van der Waals surface area contributed by atoms with Gasteiger partial charge in [-0.25, -0.2) is 4.98 Å². The van der Waals surface area contributed by atoms with Crippen molar-refractivity contribution in [3.8, 4) is 0 Å². The molecule has 1 aromatic rings. The van der Waals surface area contributed by atoms with Crippen LogP contribution in [0.4, 0.5) is 5.95 Å². The highest BCUT2D eigenvalue weighted by Gasteiger charge is 2.09. The Morgan fingerprint density at radius 2 is 2.12 bits per heavy atom. The topological polar surface area (TPSA) is 39.1 Å². The van der Waals surface area contributed by atoms with Gasteiger partial charge in [-0.05, 0) is 26.2 Å². The maximum atomic E-state index is 5.08. The number of imidazole rings is 1. The van der Waals surface area contributed by atoms with Crippen LogP contribution in [0.2, 0.25) is 0 Å². The molecule has 17 heavy (non-hydrogen) atoms. The van der Waals surface area contributed by atoms with Crippen molar-refractivity contribution in [2.75, 3.05) is 19.0 Å². The number of rotatable bonds is 7. The second-order valence-electron chi connectivity index (χ2n) is 5.08.